The number of anilines is 6. The Kier molecular flexibility index (Phi) is 9.38. The highest BCUT2D eigenvalue weighted by atomic mass is 19.4. The second kappa shape index (κ2) is 15.1. The van der Waals surface area contributed by atoms with Crippen molar-refractivity contribution in [1.29, 1.82) is 0 Å². The van der Waals surface area contributed by atoms with E-state index in [2.05, 4.69) is 0 Å². The van der Waals surface area contributed by atoms with Crippen LogP contribution in [0.1, 0.15) is 22.3 Å². The van der Waals surface area contributed by atoms with E-state index < -0.39 is 35.2 Å². The van der Waals surface area contributed by atoms with Crippen LogP contribution in [0.15, 0.2) is 179 Å². The lowest BCUT2D eigenvalue weighted by Gasteiger charge is -2.26. The summed E-state index contributed by atoms with van der Waals surface area (Å²) < 4.78 is 135. The molecule has 332 valence electrons. The molecule has 11 aromatic rings. The van der Waals surface area contributed by atoms with Crippen molar-refractivity contribution in [2.24, 2.45) is 0 Å². The highest BCUT2D eigenvalue weighted by molar-refractivity contribution is 6.24. The third-order valence-corrected chi connectivity index (χ3v) is 12.2. The van der Waals surface area contributed by atoms with Crippen molar-refractivity contribution in [3.8, 4) is 0 Å². The quantitative estimate of drug-likeness (QED) is 0.156. The Balaban J connectivity index is 1.00. The predicted octanol–water partition coefficient (Wildman–Crippen LogP) is 18.1. The zero-order valence-corrected chi connectivity index (χ0v) is 34.8. The van der Waals surface area contributed by atoms with Crippen LogP contribution in [0.25, 0.3) is 65.4 Å². The van der Waals surface area contributed by atoms with Crippen molar-refractivity contribution >= 4 is 99.5 Å². The van der Waals surface area contributed by atoms with E-state index in [1.807, 2.05) is 96.8 Å². The SMILES string of the molecule is Cc1ccc(N(c2ccc(C(F)(F)F)cc2)c2ccc3c(ccc4c5ccc6c7ccc8cc(N(c9ccc(C(F)(F)F)cc9)c9ccc(C(F)(F)F)cc9)ccc8c7oc6c5oc34)c2)cc1. The maximum atomic E-state index is 13.5. The number of rotatable bonds is 6. The summed E-state index contributed by atoms with van der Waals surface area (Å²) >= 11 is 0. The molecule has 0 saturated heterocycles. The van der Waals surface area contributed by atoms with Crippen LogP contribution < -0.4 is 9.80 Å². The van der Waals surface area contributed by atoms with Gasteiger partial charge in [-0.1, -0.05) is 29.8 Å². The van der Waals surface area contributed by atoms with E-state index in [0.29, 0.717) is 55.9 Å². The summed E-state index contributed by atoms with van der Waals surface area (Å²) in [7, 11) is 0. The van der Waals surface area contributed by atoms with Crippen LogP contribution >= 0.6 is 0 Å². The van der Waals surface area contributed by atoms with Gasteiger partial charge in [0.1, 0.15) is 11.2 Å². The molecule has 0 N–H and O–H groups in total. The molecule has 0 spiro atoms. The topological polar surface area (TPSA) is 32.8 Å². The van der Waals surface area contributed by atoms with Crippen LogP contribution in [0.5, 0.6) is 0 Å². The fourth-order valence-electron chi connectivity index (χ4n) is 8.88. The second-order valence-electron chi connectivity index (χ2n) is 16.4. The minimum absolute atomic E-state index is 0.302. The summed E-state index contributed by atoms with van der Waals surface area (Å²) in [6.07, 6.45) is -13.6. The van der Waals surface area contributed by atoms with Gasteiger partial charge in [-0.25, -0.2) is 0 Å². The van der Waals surface area contributed by atoms with Crippen molar-refractivity contribution < 1.29 is 48.3 Å². The van der Waals surface area contributed by atoms with Gasteiger partial charge in [0.15, 0.2) is 11.2 Å². The Morgan fingerprint density at radius 1 is 0.299 bits per heavy atom. The first-order valence-electron chi connectivity index (χ1n) is 20.9. The lowest BCUT2D eigenvalue weighted by atomic mass is 10.0. The van der Waals surface area contributed by atoms with Crippen LogP contribution in [-0.4, -0.2) is 0 Å². The van der Waals surface area contributed by atoms with Gasteiger partial charge in [0.05, 0.1) is 16.7 Å². The zero-order valence-electron chi connectivity index (χ0n) is 34.8. The van der Waals surface area contributed by atoms with Crippen molar-refractivity contribution in [2.45, 2.75) is 25.5 Å². The predicted molar refractivity (Wildman–Crippen MR) is 245 cm³/mol. The largest absolute Gasteiger partial charge is 0.451 e. The fourth-order valence-corrected chi connectivity index (χ4v) is 8.88. The Hall–Kier alpha value is -7.93. The third kappa shape index (κ3) is 7.22. The molecule has 0 radical (unpaired) electrons. The van der Waals surface area contributed by atoms with Gasteiger partial charge in [-0.2, -0.15) is 39.5 Å². The van der Waals surface area contributed by atoms with Crippen LogP contribution in [-0.2, 0) is 18.5 Å². The number of aryl methyl sites for hydroxylation is 1. The Morgan fingerprint density at radius 2 is 0.567 bits per heavy atom. The Labute approximate surface area is 374 Å². The average Bonchev–Trinajstić information content (AvgIpc) is 3.89. The number of furan rings is 2. The zero-order chi connectivity index (χ0) is 46.6. The molecule has 0 aliphatic rings. The van der Waals surface area contributed by atoms with Gasteiger partial charge in [0.2, 0.25) is 0 Å². The molecule has 2 aromatic heterocycles. The summed E-state index contributed by atoms with van der Waals surface area (Å²) in [6, 6.07) is 44.4. The highest BCUT2D eigenvalue weighted by Crippen LogP contribution is 2.46. The van der Waals surface area contributed by atoms with Gasteiger partial charge in [-0.05, 0) is 163 Å². The second-order valence-corrected chi connectivity index (χ2v) is 16.4. The number of hydrogen-bond acceptors (Lipinski definition) is 4. The monoisotopic (exact) mass is 910 g/mol. The number of halogens is 9. The molecule has 2 heterocycles. The number of benzene rings is 9. The van der Waals surface area contributed by atoms with Crippen molar-refractivity contribution in [2.75, 3.05) is 9.80 Å². The lowest BCUT2D eigenvalue weighted by Crippen LogP contribution is -2.12. The minimum Gasteiger partial charge on any atom is -0.451 e. The normalized spacial score (nSPS) is 12.6. The molecule has 0 bridgehead atoms. The van der Waals surface area contributed by atoms with Crippen LogP contribution in [0, 0.1) is 6.92 Å². The molecule has 11 rings (SSSR count). The van der Waals surface area contributed by atoms with Crippen LogP contribution in [0.2, 0.25) is 0 Å². The lowest BCUT2D eigenvalue weighted by molar-refractivity contribution is -0.138. The van der Waals surface area contributed by atoms with Gasteiger partial charge in [0.25, 0.3) is 0 Å². The molecule has 0 amide bonds. The molecule has 4 nitrogen and oxygen atoms in total. The molecule has 9 aromatic carbocycles. The molecule has 13 heteroatoms. The number of fused-ring (bicyclic) bond motifs is 11. The van der Waals surface area contributed by atoms with Gasteiger partial charge in [-0.15, -0.1) is 0 Å². The molecular formula is C54H31F9N2O2. The average molecular weight is 911 g/mol. The number of hydrogen-bond donors (Lipinski definition) is 0. The highest BCUT2D eigenvalue weighted by Gasteiger charge is 2.33. The van der Waals surface area contributed by atoms with Gasteiger partial charge < -0.3 is 18.6 Å². The van der Waals surface area contributed by atoms with Gasteiger partial charge in [0, 0.05) is 66.4 Å². The van der Waals surface area contributed by atoms with Crippen LogP contribution in [0.3, 0.4) is 0 Å². The maximum absolute atomic E-state index is 13.5. The molecule has 0 aliphatic heterocycles. The van der Waals surface area contributed by atoms with E-state index >= 15 is 0 Å². The summed E-state index contributed by atoms with van der Waals surface area (Å²) in [5, 5.41) is 6.30. The molecule has 0 atom stereocenters. The van der Waals surface area contributed by atoms with E-state index in [-0.39, 0.29) is 0 Å². The molecule has 0 fully saturated rings. The van der Waals surface area contributed by atoms with E-state index in [1.54, 1.807) is 17.0 Å². The third-order valence-electron chi connectivity index (χ3n) is 12.2. The van der Waals surface area contributed by atoms with Crippen molar-refractivity contribution in [3.63, 3.8) is 0 Å². The first kappa shape index (κ1) is 41.8. The summed E-state index contributed by atoms with van der Waals surface area (Å²) in [4.78, 5) is 3.48. The molecule has 67 heavy (non-hydrogen) atoms. The van der Waals surface area contributed by atoms with Crippen LogP contribution in [0.4, 0.5) is 73.6 Å². The van der Waals surface area contributed by atoms with Gasteiger partial charge >= 0.3 is 18.5 Å². The number of alkyl halides is 9. The molecular weight excluding hydrogens is 880 g/mol. The van der Waals surface area contributed by atoms with E-state index in [4.69, 9.17) is 8.83 Å². The van der Waals surface area contributed by atoms with Gasteiger partial charge in [-0.3, -0.25) is 0 Å². The van der Waals surface area contributed by atoms with Crippen molar-refractivity contribution in [1.82, 2.24) is 0 Å². The van der Waals surface area contributed by atoms with Crippen molar-refractivity contribution in [3.05, 3.63) is 192 Å². The number of nitrogens with zero attached hydrogens (tertiary/aromatic N) is 2. The van der Waals surface area contributed by atoms with E-state index in [0.717, 1.165) is 85.7 Å². The standard InChI is InChI=1S/C54H31F9N2O2/c1-30-2-12-36(13-3-30)64(37-14-6-33(7-15-37)52(55,56)57)40-20-24-42-31(28-40)4-22-44-46-26-27-47-45-23-5-32-29-41(21-25-43(32)49(45)67-51(47)50(46)66-48(42)44)65(38-16-8-34(9-17-38)53(58,59)60)39-18-10-35(11-19-39)54(61,62)63/h2-29H,1H3. The Morgan fingerprint density at radius 3 is 0.896 bits per heavy atom. The first-order valence-corrected chi connectivity index (χ1v) is 20.9. The maximum Gasteiger partial charge on any atom is 0.416 e. The molecule has 0 saturated carbocycles. The smallest absolute Gasteiger partial charge is 0.416 e. The molecule has 0 aliphatic carbocycles. The summed E-state index contributed by atoms with van der Waals surface area (Å²) in [5.41, 5.74) is 3.88. The summed E-state index contributed by atoms with van der Waals surface area (Å²) in [5.74, 6) is 0. The van der Waals surface area contributed by atoms with E-state index in [9.17, 15) is 39.5 Å². The minimum atomic E-state index is -4.59. The summed E-state index contributed by atoms with van der Waals surface area (Å²) in [6.45, 7) is 1.96. The fraction of sp³-hybridized carbons (Fsp3) is 0.0741. The first-order chi connectivity index (χ1) is 32.0. The Bertz CT molecular complexity index is 3640. The molecule has 0 unspecified atom stereocenters. The van der Waals surface area contributed by atoms with E-state index in [1.165, 1.54) is 36.4 Å².